The third-order valence-electron chi connectivity index (χ3n) is 4.84. The van der Waals surface area contributed by atoms with Crippen LogP contribution in [0.15, 0.2) is 17.0 Å². The highest BCUT2D eigenvalue weighted by atomic mass is 32.2. The Bertz CT molecular complexity index is 634. The van der Waals surface area contributed by atoms with Gasteiger partial charge >= 0.3 is 0 Å². The first kappa shape index (κ1) is 14.9. The summed E-state index contributed by atoms with van der Waals surface area (Å²) in [4.78, 5) is 0.257. The van der Waals surface area contributed by atoms with Gasteiger partial charge in [-0.15, -0.1) is 0 Å². The van der Waals surface area contributed by atoms with Crippen molar-refractivity contribution in [3.05, 3.63) is 23.3 Å². The molecule has 0 amide bonds. The van der Waals surface area contributed by atoms with Crippen molar-refractivity contribution in [1.82, 2.24) is 4.72 Å². The molecule has 0 saturated heterocycles. The molecule has 1 aromatic rings. The molecule has 2 saturated carbocycles. The molecule has 0 unspecified atom stereocenters. The standard InChI is InChI=1S/C16H24N2O2S/c1-10-3-4-11(2)16(15(10)17)21(19,20)18-9-14(12-5-6-12)13-7-8-13/h3-4,12-14,18H,5-9,17H2,1-2H3. The normalized spacial score (nSPS) is 19.2. The van der Waals surface area contributed by atoms with Crippen molar-refractivity contribution in [3.8, 4) is 0 Å². The lowest BCUT2D eigenvalue weighted by Crippen LogP contribution is -2.32. The van der Waals surface area contributed by atoms with Gasteiger partial charge in [0.05, 0.1) is 5.69 Å². The molecule has 4 nitrogen and oxygen atoms in total. The van der Waals surface area contributed by atoms with E-state index in [9.17, 15) is 8.42 Å². The zero-order valence-electron chi connectivity index (χ0n) is 12.7. The Balaban J connectivity index is 1.79. The minimum absolute atomic E-state index is 0.257. The summed E-state index contributed by atoms with van der Waals surface area (Å²) in [6.45, 7) is 4.19. The summed E-state index contributed by atoms with van der Waals surface area (Å²) >= 11 is 0. The van der Waals surface area contributed by atoms with E-state index in [1.54, 1.807) is 6.92 Å². The molecule has 21 heavy (non-hydrogen) atoms. The average Bonchev–Trinajstić information content (AvgIpc) is 3.25. The third-order valence-corrected chi connectivity index (χ3v) is 6.47. The van der Waals surface area contributed by atoms with E-state index >= 15 is 0 Å². The topological polar surface area (TPSA) is 72.2 Å². The molecule has 5 heteroatoms. The highest BCUT2D eigenvalue weighted by Gasteiger charge is 2.41. The molecule has 0 bridgehead atoms. The van der Waals surface area contributed by atoms with Crippen molar-refractivity contribution >= 4 is 15.7 Å². The van der Waals surface area contributed by atoms with Gasteiger partial charge < -0.3 is 5.73 Å². The first-order valence-corrected chi connectivity index (χ1v) is 9.24. The maximum absolute atomic E-state index is 12.6. The molecule has 2 fully saturated rings. The van der Waals surface area contributed by atoms with Gasteiger partial charge in [0.25, 0.3) is 0 Å². The molecular formula is C16H24N2O2S. The minimum Gasteiger partial charge on any atom is -0.397 e. The van der Waals surface area contributed by atoms with Crippen molar-refractivity contribution in [3.63, 3.8) is 0 Å². The summed E-state index contributed by atoms with van der Waals surface area (Å²) < 4.78 is 28.1. The molecule has 0 radical (unpaired) electrons. The molecule has 0 spiro atoms. The maximum Gasteiger partial charge on any atom is 0.242 e. The van der Waals surface area contributed by atoms with Crippen molar-refractivity contribution in [2.24, 2.45) is 17.8 Å². The molecule has 3 N–H and O–H groups in total. The highest BCUT2D eigenvalue weighted by molar-refractivity contribution is 7.89. The first-order valence-electron chi connectivity index (χ1n) is 7.75. The van der Waals surface area contributed by atoms with Gasteiger partial charge in [0, 0.05) is 6.54 Å². The second kappa shape index (κ2) is 5.29. The van der Waals surface area contributed by atoms with Crippen LogP contribution in [0.5, 0.6) is 0 Å². The summed E-state index contributed by atoms with van der Waals surface area (Å²) in [7, 11) is -3.53. The molecule has 2 aliphatic rings. The number of nitrogens with one attached hydrogen (secondary N) is 1. The fourth-order valence-corrected chi connectivity index (χ4v) is 4.71. The Hall–Kier alpha value is -1.07. The monoisotopic (exact) mass is 308 g/mol. The zero-order valence-corrected chi connectivity index (χ0v) is 13.5. The van der Waals surface area contributed by atoms with E-state index in [4.69, 9.17) is 5.73 Å². The van der Waals surface area contributed by atoms with E-state index in [0.717, 1.165) is 17.4 Å². The zero-order chi connectivity index (χ0) is 15.2. The molecule has 0 aliphatic heterocycles. The lowest BCUT2D eigenvalue weighted by atomic mass is 9.99. The summed E-state index contributed by atoms with van der Waals surface area (Å²) in [5.41, 5.74) is 7.89. The Morgan fingerprint density at radius 2 is 1.67 bits per heavy atom. The van der Waals surface area contributed by atoms with Crippen LogP contribution < -0.4 is 10.5 Å². The number of hydrogen-bond acceptors (Lipinski definition) is 3. The molecule has 3 rings (SSSR count). The molecule has 0 heterocycles. The fraction of sp³-hybridized carbons (Fsp3) is 0.625. The first-order chi connectivity index (χ1) is 9.90. The molecule has 2 aliphatic carbocycles. The van der Waals surface area contributed by atoms with Crippen molar-refractivity contribution in [2.75, 3.05) is 12.3 Å². The number of nitrogens with two attached hydrogens (primary N) is 1. The van der Waals surface area contributed by atoms with Gasteiger partial charge in [0.1, 0.15) is 4.90 Å². The average molecular weight is 308 g/mol. The Morgan fingerprint density at radius 1 is 1.14 bits per heavy atom. The molecule has 116 valence electrons. The number of rotatable bonds is 6. The summed E-state index contributed by atoms with van der Waals surface area (Å²) in [6.07, 6.45) is 5.03. The molecule has 1 aromatic carbocycles. The summed E-state index contributed by atoms with van der Waals surface area (Å²) in [5.74, 6) is 1.98. The lowest BCUT2D eigenvalue weighted by Gasteiger charge is -2.18. The number of anilines is 1. The van der Waals surface area contributed by atoms with Crippen LogP contribution in [0, 0.1) is 31.6 Å². The second-order valence-electron chi connectivity index (χ2n) is 6.63. The Labute approximate surface area is 127 Å². The smallest absolute Gasteiger partial charge is 0.242 e. The lowest BCUT2D eigenvalue weighted by molar-refractivity contribution is 0.401. The predicted molar refractivity (Wildman–Crippen MR) is 84.5 cm³/mol. The second-order valence-corrected chi connectivity index (χ2v) is 8.34. The van der Waals surface area contributed by atoms with Crippen LogP contribution in [0.1, 0.15) is 36.8 Å². The number of nitrogen functional groups attached to an aromatic ring is 1. The van der Waals surface area contributed by atoms with Gasteiger partial charge in [-0.05, 0) is 68.4 Å². The van der Waals surface area contributed by atoms with E-state index in [2.05, 4.69) is 4.72 Å². The predicted octanol–water partition coefficient (Wildman–Crippen LogP) is 2.60. The van der Waals surface area contributed by atoms with Crippen LogP contribution in [0.2, 0.25) is 0 Å². The number of aryl methyl sites for hydroxylation is 2. The molecular weight excluding hydrogens is 284 g/mol. The van der Waals surface area contributed by atoms with Crippen molar-refractivity contribution in [1.29, 1.82) is 0 Å². The van der Waals surface area contributed by atoms with Gasteiger partial charge in [-0.3, -0.25) is 0 Å². The van der Waals surface area contributed by atoms with Crippen LogP contribution in [0.3, 0.4) is 0 Å². The van der Waals surface area contributed by atoms with Crippen molar-refractivity contribution < 1.29 is 8.42 Å². The largest absolute Gasteiger partial charge is 0.397 e. The van der Waals surface area contributed by atoms with Gasteiger partial charge in [-0.1, -0.05) is 12.1 Å². The van der Waals surface area contributed by atoms with Gasteiger partial charge in [-0.25, -0.2) is 13.1 Å². The van der Waals surface area contributed by atoms with Crippen molar-refractivity contribution in [2.45, 2.75) is 44.4 Å². The van der Waals surface area contributed by atoms with Crippen LogP contribution >= 0.6 is 0 Å². The van der Waals surface area contributed by atoms with Crippen LogP contribution in [0.4, 0.5) is 5.69 Å². The Morgan fingerprint density at radius 3 is 2.19 bits per heavy atom. The third kappa shape index (κ3) is 3.09. The van der Waals surface area contributed by atoms with Gasteiger partial charge in [0.15, 0.2) is 0 Å². The van der Waals surface area contributed by atoms with Crippen LogP contribution in [0.25, 0.3) is 0 Å². The van der Waals surface area contributed by atoms with E-state index < -0.39 is 10.0 Å². The SMILES string of the molecule is Cc1ccc(C)c(S(=O)(=O)NCC(C2CC2)C2CC2)c1N. The highest BCUT2D eigenvalue weighted by Crippen LogP contribution is 2.49. The van der Waals surface area contributed by atoms with E-state index in [0.29, 0.717) is 23.7 Å². The van der Waals surface area contributed by atoms with E-state index in [-0.39, 0.29) is 4.90 Å². The minimum atomic E-state index is -3.53. The molecule has 0 atom stereocenters. The van der Waals surface area contributed by atoms with E-state index in [1.165, 1.54) is 25.7 Å². The number of sulfonamides is 1. The Kier molecular flexibility index (Phi) is 3.74. The van der Waals surface area contributed by atoms with Crippen LogP contribution in [-0.2, 0) is 10.0 Å². The van der Waals surface area contributed by atoms with Gasteiger partial charge in [0.2, 0.25) is 10.0 Å². The summed E-state index contributed by atoms with van der Waals surface area (Å²) in [6, 6.07) is 3.68. The van der Waals surface area contributed by atoms with Crippen LogP contribution in [-0.4, -0.2) is 15.0 Å². The number of hydrogen-bond donors (Lipinski definition) is 2. The van der Waals surface area contributed by atoms with E-state index in [1.807, 2.05) is 19.1 Å². The molecule has 0 aromatic heterocycles. The number of benzene rings is 1. The van der Waals surface area contributed by atoms with Gasteiger partial charge in [-0.2, -0.15) is 0 Å². The quantitative estimate of drug-likeness (QED) is 0.793. The summed E-state index contributed by atoms with van der Waals surface area (Å²) in [5, 5.41) is 0. The maximum atomic E-state index is 12.6. The fourth-order valence-electron chi connectivity index (χ4n) is 3.21.